The molecule has 11 rings (SSSR count). The molecule has 0 saturated carbocycles. The van der Waals surface area contributed by atoms with Crippen LogP contribution in [0.25, 0.3) is 43.4 Å². The second kappa shape index (κ2) is 15.6. The Balaban J connectivity index is 1.15. The molecule has 0 aromatic heterocycles. The van der Waals surface area contributed by atoms with Crippen molar-refractivity contribution in [2.24, 2.45) is 0 Å². The van der Waals surface area contributed by atoms with E-state index in [0.717, 1.165) is 56.7 Å². The zero-order valence-electron chi connectivity index (χ0n) is 33.5. The summed E-state index contributed by atoms with van der Waals surface area (Å²) >= 11 is 0. The normalized spacial score (nSPS) is 11.3. The van der Waals surface area contributed by atoms with Gasteiger partial charge in [-0.05, 0) is 136 Å². The molecule has 0 aliphatic heterocycles. The quantitative estimate of drug-likeness (QED) is 0.128. The molecule has 0 heterocycles. The van der Waals surface area contributed by atoms with E-state index in [1.807, 2.05) is 0 Å². The summed E-state index contributed by atoms with van der Waals surface area (Å²) in [6.45, 7) is 0. The summed E-state index contributed by atoms with van der Waals surface area (Å²) in [6, 6.07) is 89.5. The second-order valence-electron chi connectivity index (χ2n) is 15.4. The van der Waals surface area contributed by atoms with Gasteiger partial charge in [0.1, 0.15) is 0 Å². The maximum absolute atomic E-state index is 2.41. The molecule has 3 nitrogen and oxygen atoms in total. The third-order valence-corrected chi connectivity index (χ3v) is 11.7. The van der Waals surface area contributed by atoms with Gasteiger partial charge in [-0.2, -0.15) is 0 Å². The SMILES string of the molecule is c1ccc(N(c2ccccc2)c2ccc(-c3cc(N(c4ccccc4)c4ccccc4)c4ccc5cc(N(c6ccccc6)c6ccccc6)cc6ccc3c4c65)cc2)cc1. The van der Waals surface area contributed by atoms with Crippen molar-refractivity contribution in [2.75, 3.05) is 14.7 Å². The van der Waals surface area contributed by atoms with E-state index in [1.54, 1.807) is 0 Å². The lowest BCUT2D eigenvalue weighted by molar-refractivity contribution is 1.28. The van der Waals surface area contributed by atoms with Gasteiger partial charge >= 0.3 is 0 Å². The molecule has 0 unspecified atom stereocenters. The molecule has 11 aromatic carbocycles. The molecule has 11 aromatic rings. The average Bonchev–Trinajstić information content (AvgIpc) is 3.33. The number of nitrogens with zero attached hydrogens (tertiary/aromatic N) is 3. The van der Waals surface area contributed by atoms with Gasteiger partial charge < -0.3 is 14.7 Å². The third kappa shape index (κ3) is 6.59. The van der Waals surface area contributed by atoms with Crippen molar-refractivity contribution in [3.63, 3.8) is 0 Å². The average molecular weight is 780 g/mol. The van der Waals surface area contributed by atoms with Crippen LogP contribution >= 0.6 is 0 Å². The van der Waals surface area contributed by atoms with E-state index in [1.165, 1.54) is 37.9 Å². The van der Waals surface area contributed by atoms with E-state index in [4.69, 9.17) is 0 Å². The lowest BCUT2D eigenvalue weighted by atomic mass is 9.88. The summed E-state index contributed by atoms with van der Waals surface area (Å²) < 4.78 is 0. The summed E-state index contributed by atoms with van der Waals surface area (Å²) in [4.78, 5) is 7.08. The number of anilines is 9. The highest BCUT2D eigenvalue weighted by Gasteiger charge is 2.23. The van der Waals surface area contributed by atoms with Crippen LogP contribution in [0.1, 0.15) is 0 Å². The van der Waals surface area contributed by atoms with Gasteiger partial charge in [0, 0.05) is 56.3 Å². The number of benzene rings is 11. The minimum atomic E-state index is 1.10. The summed E-state index contributed by atoms with van der Waals surface area (Å²) in [7, 11) is 0. The molecule has 0 N–H and O–H groups in total. The number of para-hydroxylation sites is 6. The Bertz CT molecular complexity index is 3070. The lowest BCUT2D eigenvalue weighted by Gasteiger charge is -2.29. The van der Waals surface area contributed by atoms with Crippen LogP contribution in [0.5, 0.6) is 0 Å². The van der Waals surface area contributed by atoms with Crippen LogP contribution in [-0.4, -0.2) is 0 Å². The Kier molecular flexibility index (Phi) is 9.18. The summed E-state index contributed by atoms with van der Waals surface area (Å²) in [5.41, 5.74) is 12.4. The third-order valence-electron chi connectivity index (χ3n) is 11.7. The van der Waals surface area contributed by atoms with Crippen molar-refractivity contribution >= 4 is 83.5 Å². The number of hydrogen-bond acceptors (Lipinski definition) is 3. The molecule has 0 aliphatic rings. The summed E-state index contributed by atoms with van der Waals surface area (Å²) in [5, 5.41) is 7.36. The fraction of sp³-hybridized carbons (Fsp3) is 0. The Hall–Kier alpha value is -8.14. The van der Waals surface area contributed by atoms with Gasteiger partial charge in [0.2, 0.25) is 0 Å². The highest BCUT2D eigenvalue weighted by atomic mass is 15.2. The van der Waals surface area contributed by atoms with Gasteiger partial charge in [-0.1, -0.05) is 146 Å². The van der Waals surface area contributed by atoms with Gasteiger partial charge in [-0.25, -0.2) is 0 Å². The smallest absolute Gasteiger partial charge is 0.0546 e. The molecule has 0 aliphatic carbocycles. The van der Waals surface area contributed by atoms with E-state index in [-0.39, 0.29) is 0 Å². The van der Waals surface area contributed by atoms with E-state index < -0.39 is 0 Å². The molecule has 0 spiro atoms. The highest BCUT2D eigenvalue weighted by molar-refractivity contribution is 6.29. The van der Waals surface area contributed by atoms with Gasteiger partial charge in [0.15, 0.2) is 0 Å². The van der Waals surface area contributed by atoms with Gasteiger partial charge in [-0.15, -0.1) is 0 Å². The van der Waals surface area contributed by atoms with Crippen molar-refractivity contribution in [3.8, 4) is 11.1 Å². The first-order valence-electron chi connectivity index (χ1n) is 20.9. The Morgan fingerprint density at radius 3 is 0.984 bits per heavy atom. The molecular weight excluding hydrogens is 739 g/mol. The molecule has 0 amide bonds. The van der Waals surface area contributed by atoms with Crippen LogP contribution in [0.3, 0.4) is 0 Å². The van der Waals surface area contributed by atoms with Crippen molar-refractivity contribution in [1.82, 2.24) is 0 Å². The zero-order chi connectivity index (χ0) is 40.5. The monoisotopic (exact) mass is 779 g/mol. The van der Waals surface area contributed by atoms with E-state index in [2.05, 4.69) is 263 Å². The number of hydrogen-bond donors (Lipinski definition) is 0. The Morgan fingerprint density at radius 1 is 0.230 bits per heavy atom. The maximum atomic E-state index is 2.41. The topological polar surface area (TPSA) is 9.72 Å². The first kappa shape index (κ1) is 36.0. The molecule has 3 heteroatoms. The first-order valence-corrected chi connectivity index (χ1v) is 20.9. The van der Waals surface area contributed by atoms with Gasteiger partial charge in [0.05, 0.1) is 5.69 Å². The molecule has 0 radical (unpaired) electrons. The maximum Gasteiger partial charge on any atom is 0.0546 e. The van der Waals surface area contributed by atoms with E-state index in [0.29, 0.717) is 0 Å². The largest absolute Gasteiger partial charge is 0.311 e. The molecule has 288 valence electrons. The van der Waals surface area contributed by atoms with Gasteiger partial charge in [-0.3, -0.25) is 0 Å². The van der Waals surface area contributed by atoms with Crippen LogP contribution in [0.4, 0.5) is 51.2 Å². The van der Waals surface area contributed by atoms with Crippen molar-refractivity contribution in [3.05, 3.63) is 249 Å². The Labute approximate surface area is 356 Å². The van der Waals surface area contributed by atoms with E-state index >= 15 is 0 Å². The summed E-state index contributed by atoms with van der Waals surface area (Å²) in [5.74, 6) is 0. The predicted molar refractivity (Wildman–Crippen MR) is 260 cm³/mol. The fourth-order valence-corrected chi connectivity index (χ4v) is 9.01. The minimum Gasteiger partial charge on any atom is -0.311 e. The van der Waals surface area contributed by atoms with Crippen molar-refractivity contribution in [2.45, 2.75) is 0 Å². The van der Waals surface area contributed by atoms with Crippen molar-refractivity contribution in [1.29, 1.82) is 0 Å². The second-order valence-corrected chi connectivity index (χ2v) is 15.4. The molecular formula is C58H41N3. The van der Waals surface area contributed by atoms with Gasteiger partial charge in [0.25, 0.3) is 0 Å². The predicted octanol–water partition coefficient (Wildman–Crippen LogP) is 16.7. The van der Waals surface area contributed by atoms with Crippen molar-refractivity contribution < 1.29 is 0 Å². The molecule has 0 saturated heterocycles. The van der Waals surface area contributed by atoms with Crippen LogP contribution in [0.2, 0.25) is 0 Å². The van der Waals surface area contributed by atoms with Crippen LogP contribution < -0.4 is 14.7 Å². The molecule has 61 heavy (non-hydrogen) atoms. The molecule has 0 atom stereocenters. The van der Waals surface area contributed by atoms with E-state index in [9.17, 15) is 0 Å². The lowest BCUT2D eigenvalue weighted by Crippen LogP contribution is -2.11. The molecule has 0 bridgehead atoms. The summed E-state index contributed by atoms with van der Waals surface area (Å²) in [6.07, 6.45) is 0. The fourth-order valence-electron chi connectivity index (χ4n) is 9.01. The van der Waals surface area contributed by atoms with Crippen LogP contribution in [-0.2, 0) is 0 Å². The van der Waals surface area contributed by atoms with Crippen LogP contribution in [0, 0.1) is 0 Å². The number of rotatable bonds is 10. The zero-order valence-corrected chi connectivity index (χ0v) is 33.5. The molecule has 0 fully saturated rings. The highest BCUT2D eigenvalue weighted by Crippen LogP contribution is 2.49. The first-order chi connectivity index (χ1) is 30.3. The standard InChI is InChI=1S/C58H41N3/c1-7-19-45(20-8-1)59(46-21-9-2-10-22-46)51-35-31-42(32-36-51)55-41-56(61(49-27-15-5-16-28-49)50-29-17-6-18-30-50)54-38-34-44-40-52(39-43-33-37-53(55)58(54)57(43)44)60(47-23-11-3-12-24-47)48-25-13-4-14-26-48/h1-41H. The Morgan fingerprint density at radius 2 is 0.574 bits per heavy atom. The minimum absolute atomic E-state index is 1.10. The van der Waals surface area contributed by atoms with Crippen LogP contribution in [0.15, 0.2) is 249 Å².